The molecule has 0 unspecified atom stereocenters. The van der Waals surface area contributed by atoms with Gasteiger partial charge in [-0.2, -0.15) is 0 Å². The third-order valence-corrected chi connectivity index (χ3v) is 3.72. The van der Waals surface area contributed by atoms with Crippen molar-refractivity contribution in [3.05, 3.63) is 48.2 Å². The Morgan fingerprint density at radius 2 is 2.00 bits per heavy atom. The van der Waals surface area contributed by atoms with E-state index in [1.807, 2.05) is 30.3 Å². The summed E-state index contributed by atoms with van der Waals surface area (Å²) >= 11 is 0. The monoisotopic (exact) mass is 286 g/mol. The first-order chi connectivity index (χ1) is 10.1. The van der Waals surface area contributed by atoms with Crippen molar-refractivity contribution in [1.82, 2.24) is 5.32 Å². The van der Waals surface area contributed by atoms with Crippen LogP contribution in [0.3, 0.4) is 0 Å². The van der Waals surface area contributed by atoms with Gasteiger partial charge < -0.3 is 20.2 Å². The second kappa shape index (κ2) is 5.61. The maximum Gasteiger partial charge on any atom is 0.290 e. The average molecular weight is 286 g/mol. The van der Waals surface area contributed by atoms with Gasteiger partial charge in [0.2, 0.25) is 0 Å². The van der Waals surface area contributed by atoms with E-state index < -0.39 is 0 Å². The van der Waals surface area contributed by atoms with Crippen LogP contribution in [0.4, 0.5) is 0 Å². The van der Waals surface area contributed by atoms with Crippen molar-refractivity contribution in [2.45, 2.75) is 24.8 Å². The topological polar surface area (TPSA) is 77.5 Å². The zero-order valence-electron chi connectivity index (χ0n) is 11.7. The normalized spacial score (nSPS) is 16.0. The number of hydrogen-bond donors (Lipinski definition) is 2. The quantitative estimate of drug-likeness (QED) is 0.886. The van der Waals surface area contributed by atoms with Crippen molar-refractivity contribution >= 4 is 5.91 Å². The van der Waals surface area contributed by atoms with Gasteiger partial charge in [-0.05, 0) is 37.5 Å². The summed E-state index contributed by atoms with van der Waals surface area (Å²) in [5.41, 5.74) is 5.82. The summed E-state index contributed by atoms with van der Waals surface area (Å²) in [6.45, 7) is 0.474. The van der Waals surface area contributed by atoms with Crippen LogP contribution in [-0.2, 0) is 0 Å². The average Bonchev–Trinajstić information content (AvgIpc) is 2.92. The number of rotatable bonds is 5. The highest BCUT2D eigenvalue weighted by Gasteiger charge is 2.32. The number of ether oxygens (including phenoxy) is 1. The Morgan fingerprint density at radius 1 is 1.24 bits per heavy atom. The number of nitrogens with one attached hydrogen (secondary N) is 1. The van der Waals surface area contributed by atoms with E-state index >= 15 is 0 Å². The molecule has 1 saturated carbocycles. The molecule has 1 heterocycles. The van der Waals surface area contributed by atoms with Crippen molar-refractivity contribution in [2.24, 2.45) is 5.73 Å². The lowest BCUT2D eigenvalue weighted by Gasteiger charge is -2.37. The van der Waals surface area contributed by atoms with E-state index in [-0.39, 0.29) is 23.2 Å². The first-order valence-corrected chi connectivity index (χ1v) is 7.04. The van der Waals surface area contributed by atoms with Gasteiger partial charge in [0.25, 0.3) is 11.9 Å². The first kappa shape index (κ1) is 13.7. The molecule has 5 heteroatoms. The summed E-state index contributed by atoms with van der Waals surface area (Å²) in [5, 5.41) is 2.81. The molecule has 0 atom stereocenters. The lowest BCUT2D eigenvalue weighted by molar-refractivity contribution is 0.0897. The van der Waals surface area contributed by atoms with Gasteiger partial charge in [-0.15, -0.1) is 0 Å². The Bertz CT molecular complexity index is 617. The van der Waals surface area contributed by atoms with Crippen molar-refractivity contribution in [3.8, 4) is 11.7 Å². The van der Waals surface area contributed by atoms with E-state index in [4.69, 9.17) is 14.9 Å². The van der Waals surface area contributed by atoms with Crippen LogP contribution in [-0.4, -0.2) is 18.0 Å². The number of para-hydroxylation sites is 1. The summed E-state index contributed by atoms with van der Waals surface area (Å²) in [7, 11) is 0. The molecular weight excluding hydrogens is 268 g/mol. The third kappa shape index (κ3) is 3.25. The lowest BCUT2D eigenvalue weighted by atomic mass is 9.78. The molecule has 110 valence electrons. The van der Waals surface area contributed by atoms with Gasteiger partial charge in [-0.25, -0.2) is 0 Å². The number of benzene rings is 1. The van der Waals surface area contributed by atoms with Gasteiger partial charge in [0.15, 0.2) is 5.76 Å². The largest absolute Gasteiger partial charge is 0.426 e. The molecule has 1 amide bonds. The molecule has 1 aliphatic carbocycles. The van der Waals surface area contributed by atoms with Gasteiger partial charge in [-0.1, -0.05) is 18.2 Å². The van der Waals surface area contributed by atoms with Gasteiger partial charge >= 0.3 is 0 Å². The zero-order chi connectivity index (χ0) is 14.7. The van der Waals surface area contributed by atoms with Crippen LogP contribution in [0, 0.1) is 0 Å². The van der Waals surface area contributed by atoms with Crippen LogP contribution < -0.4 is 15.8 Å². The fourth-order valence-corrected chi connectivity index (χ4v) is 2.25. The highest BCUT2D eigenvalue weighted by atomic mass is 16.6. The summed E-state index contributed by atoms with van der Waals surface area (Å²) in [6, 6.07) is 12.5. The van der Waals surface area contributed by atoms with Crippen LogP contribution in [0.15, 0.2) is 46.9 Å². The zero-order valence-corrected chi connectivity index (χ0v) is 11.7. The molecule has 1 fully saturated rings. The molecule has 0 radical (unpaired) electrons. The Labute approximate surface area is 123 Å². The summed E-state index contributed by atoms with van der Waals surface area (Å²) in [6.07, 6.45) is 3.03. The van der Waals surface area contributed by atoms with E-state index in [1.54, 1.807) is 12.1 Å². The second-order valence-corrected chi connectivity index (χ2v) is 5.43. The summed E-state index contributed by atoms with van der Waals surface area (Å²) < 4.78 is 10.9. The van der Waals surface area contributed by atoms with E-state index in [2.05, 4.69) is 5.32 Å². The number of carbonyl (C=O) groups excluding carboxylic acids is 1. The molecule has 3 N–H and O–H groups in total. The van der Waals surface area contributed by atoms with Crippen molar-refractivity contribution in [2.75, 3.05) is 6.54 Å². The minimum Gasteiger partial charge on any atom is -0.426 e. The smallest absolute Gasteiger partial charge is 0.290 e. The highest BCUT2D eigenvalue weighted by Crippen LogP contribution is 2.28. The Morgan fingerprint density at radius 3 is 2.67 bits per heavy atom. The Balaban J connectivity index is 1.58. The fraction of sp³-hybridized carbons (Fsp3) is 0.312. The number of carbonyl (C=O) groups is 1. The maximum atomic E-state index is 12.0. The highest BCUT2D eigenvalue weighted by molar-refractivity contribution is 5.91. The van der Waals surface area contributed by atoms with Crippen LogP contribution in [0.2, 0.25) is 0 Å². The SMILES string of the molecule is NC1(CNC(=O)c2ccc(Oc3ccccc3)o2)CCC1. The standard InChI is InChI=1S/C16H18N2O3/c17-16(9-4-10-16)11-18-15(19)13-7-8-14(21-13)20-12-5-2-1-3-6-12/h1-3,5-8H,4,9-11,17H2,(H,18,19). The molecule has 3 rings (SSSR count). The molecule has 0 aliphatic heterocycles. The van der Waals surface area contributed by atoms with E-state index in [1.165, 1.54) is 0 Å². The minimum atomic E-state index is -0.269. The van der Waals surface area contributed by atoms with E-state index in [0.717, 1.165) is 19.3 Å². The summed E-state index contributed by atoms with van der Waals surface area (Å²) in [4.78, 5) is 12.0. The predicted octanol–water partition coefficient (Wildman–Crippen LogP) is 2.68. The van der Waals surface area contributed by atoms with Gasteiger partial charge in [0, 0.05) is 18.2 Å². The number of hydrogen-bond acceptors (Lipinski definition) is 4. The molecular formula is C16H18N2O3. The molecule has 0 spiro atoms. The molecule has 1 aliphatic rings. The van der Waals surface area contributed by atoms with Crippen molar-refractivity contribution in [1.29, 1.82) is 0 Å². The van der Waals surface area contributed by atoms with E-state index in [0.29, 0.717) is 12.3 Å². The van der Waals surface area contributed by atoms with Crippen molar-refractivity contribution < 1.29 is 13.9 Å². The van der Waals surface area contributed by atoms with Crippen LogP contribution in [0.5, 0.6) is 11.7 Å². The molecule has 1 aromatic heterocycles. The Hall–Kier alpha value is -2.27. The van der Waals surface area contributed by atoms with Crippen LogP contribution in [0.1, 0.15) is 29.8 Å². The molecule has 0 bridgehead atoms. The minimum absolute atomic E-state index is 0.226. The molecule has 1 aromatic carbocycles. The number of furan rings is 1. The molecule has 21 heavy (non-hydrogen) atoms. The first-order valence-electron chi connectivity index (χ1n) is 7.04. The summed E-state index contributed by atoms with van der Waals surface area (Å²) in [5.74, 6) is 0.908. The van der Waals surface area contributed by atoms with Crippen molar-refractivity contribution in [3.63, 3.8) is 0 Å². The van der Waals surface area contributed by atoms with E-state index in [9.17, 15) is 4.79 Å². The number of nitrogens with two attached hydrogens (primary N) is 1. The van der Waals surface area contributed by atoms with Gasteiger partial charge in [-0.3, -0.25) is 4.79 Å². The van der Waals surface area contributed by atoms with Crippen LogP contribution in [0.25, 0.3) is 0 Å². The maximum absolute atomic E-state index is 12.0. The predicted molar refractivity (Wildman–Crippen MR) is 78.3 cm³/mol. The lowest BCUT2D eigenvalue weighted by Crippen LogP contribution is -2.54. The van der Waals surface area contributed by atoms with Gasteiger partial charge in [0.1, 0.15) is 5.75 Å². The molecule has 0 saturated heterocycles. The van der Waals surface area contributed by atoms with Crippen LogP contribution >= 0.6 is 0 Å². The molecule has 5 nitrogen and oxygen atoms in total. The third-order valence-electron chi connectivity index (χ3n) is 3.72. The second-order valence-electron chi connectivity index (χ2n) is 5.43. The molecule has 2 aromatic rings. The number of amides is 1. The Kier molecular flexibility index (Phi) is 3.66. The van der Waals surface area contributed by atoms with Gasteiger partial charge in [0.05, 0.1) is 0 Å². The fourth-order valence-electron chi connectivity index (χ4n) is 2.25.